The molecular weight excluding hydrogens is 352 g/mol. The van der Waals surface area contributed by atoms with Crippen LogP contribution in [0.1, 0.15) is 25.7 Å². The van der Waals surface area contributed by atoms with Gasteiger partial charge in [0.1, 0.15) is 5.69 Å². The molecule has 0 radical (unpaired) electrons. The zero-order chi connectivity index (χ0) is 19.5. The van der Waals surface area contributed by atoms with E-state index in [0.717, 1.165) is 37.1 Å². The second-order valence-electron chi connectivity index (χ2n) is 7.77. The lowest BCUT2D eigenvalue weighted by molar-refractivity contribution is -0.127. The molecule has 2 aromatic heterocycles. The van der Waals surface area contributed by atoms with Crippen molar-refractivity contribution in [2.24, 2.45) is 11.8 Å². The van der Waals surface area contributed by atoms with Crippen LogP contribution in [0.25, 0.3) is 11.1 Å². The monoisotopic (exact) mass is 378 g/mol. The molecule has 2 N–H and O–H groups in total. The van der Waals surface area contributed by atoms with Crippen molar-refractivity contribution in [1.29, 1.82) is 0 Å². The number of carbonyl (C=O) groups is 1. The average Bonchev–Trinajstić information content (AvgIpc) is 3.58. The second kappa shape index (κ2) is 8.00. The third-order valence-electron chi connectivity index (χ3n) is 5.82. The van der Waals surface area contributed by atoms with E-state index >= 15 is 0 Å². The average molecular weight is 378 g/mol. The maximum Gasteiger partial charge on any atom is 0.271 e. The normalized spacial score (nSPS) is 20.4. The third-order valence-corrected chi connectivity index (χ3v) is 5.82. The molecule has 6 nitrogen and oxygen atoms in total. The minimum atomic E-state index is -0.113. The SMILES string of the molecule is C=CC(=O)N1CCCC([C@H](Nc2cc(-c3ccncc3)c[nH]c2=O)C2CC2)C1. The quantitative estimate of drug-likeness (QED) is 0.758. The van der Waals surface area contributed by atoms with Gasteiger partial charge in [-0.15, -0.1) is 0 Å². The number of nitrogens with zero attached hydrogens (tertiary/aromatic N) is 2. The van der Waals surface area contributed by atoms with E-state index in [-0.39, 0.29) is 17.5 Å². The smallest absolute Gasteiger partial charge is 0.271 e. The zero-order valence-electron chi connectivity index (χ0n) is 15.9. The molecule has 1 unspecified atom stereocenters. The van der Waals surface area contributed by atoms with Gasteiger partial charge >= 0.3 is 0 Å². The molecule has 6 heteroatoms. The number of amides is 1. The van der Waals surface area contributed by atoms with Crippen LogP contribution in [0.5, 0.6) is 0 Å². The van der Waals surface area contributed by atoms with Crippen LogP contribution in [0.2, 0.25) is 0 Å². The Morgan fingerprint density at radius 3 is 2.75 bits per heavy atom. The van der Waals surface area contributed by atoms with E-state index < -0.39 is 0 Å². The van der Waals surface area contributed by atoms with Gasteiger partial charge < -0.3 is 15.2 Å². The van der Waals surface area contributed by atoms with Gasteiger partial charge in [0.05, 0.1) is 0 Å². The molecule has 3 heterocycles. The standard InChI is InChI=1S/C22H26N4O2/c1-2-20(27)26-11-3-4-17(14-26)21(16-5-6-16)25-19-12-18(13-24-22(19)28)15-7-9-23-10-8-15/h2,7-10,12-13,16-17,21,25H,1,3-6,11,14H2,(H,24,28)/t17?,21-/m1/s1. The molecule has 0 aromatic carbocycles. The van der Waals surface area contributed by atoms with Crippen molar-refractivity contribution < 1.29 is 4.79 Å². The molecule has 0 spiro atoms. The number of hydrogen-bond acceptors (Lipinski definition) is 4. The summed E-state index contributed by atoms with van der Waals surface area (Å²) in [5.74, 6) is 0.902. The van der Waals surface area contributed by atoms with Gasteiger partial charge in [-0.25, -0.2) is 0 Å². The fraction of sp³-hybridized carbons (Fsp3) is 0.409. The number of nitrogens with one attached hydrogen (secondary N) is 2. The van der Waals surface area contributed by atoms with Crippen LogP contribution in [-0.4, -0.2) is 39.9 Å². The topological polar surface area (TPSA) is 78.1 Å². The molecule has 1 aliphatic carbocycles. The maximum atomic E-state index is 12.5. The van der Waals surface area contributed by atoms with Crippen LogP contribution in [-0.2, 0) is 4.79 Å². The first kappa shape index (κ1) is 18.5. The molecule has 2 aromatic rings. The van der Waals surface area contributed by atoms with Gasteiger partial charge in [-0.3, -0.25) is 14.6 Å². The van der Waals surface area contributed by atoms with Crippen LogP contribution in [0.15, 0.2) is 54.2 Å². The molecule has 1 aliphatic heterocycles. The predicted molar refractivity (Wildman–Crippen MR) is 110 cm³/mol. The van der Waals surface area contributed by atoms with Crippen molar-refractivity contribution in [2.75, 3.05) is 18.4 Å². The first-order valence-electron chi connectivity index (χ1n) is 9.96. The van der Waals surface area contributed by atoms with Crippen LogP contribution < -0.4 is 10.9 Å². The summed E-state index contributed by atoms with van der Waals surface area (Å²) in [5, 5.41) is 3.54. The molecule has 0 bridgehead atoms. The summed E-state index contributed by atoms with van der Waals surface area (Å²) in [6.07, 6.45) is 11.0. The molecule has 146 valence electrons. The Hall–Kier alpha value is -2.89. The van der Waals surface area contributed by atoms with Gasteiger partial charge in [0, 0.05) is 43.3 Å². The van der Waals surface area contributed by atoms with Crippen LogP contribution in [0, 0.1) is 11.8 Å². The van der Waals surface area contributed by atoms with E-state index in [0.29, 0.717) is 17.5 Å². The summed E-state index contributed by atoms with van der Waals surface area (Å²) in [6, 6.07) is 5.97. The highest BCUT2D eigenvalue weighted by atomic mass is 16.2. The fourth-order valence-corrected chi connectivity index (χ4v) is 4.19. The summed E-state index contributed by atoms with van der Waals surface area (Å²) in [7, 11) is 0. The number of rotatable bonds is 6. The number of likely N-dealkylation sites (tertiary alicyclic amines) is 1. The number of aromatic nitrogens is 2. The molecule has 1 amide bonds. The molecule has 1 saturated carbocycles. The highest BCUT2D eigenvalue weighted by molar-refractivity contribution is 5.87. The molecule has 2 atom stereocenters. The summed E-state index contributed by atoms with van der Waals surface area (Å²) in [4.78, 5) is 33.3. The summed E-state index contributed by atoms with van der Waals surface area (Å²) < 4.78 is 0. The van der Waals surface area contributed by atoms with Gasteiger partial charge in [0.25, 0.3) is 5.56 Å². The third kappa shape index (κ3) is 4.01. The minimum Gasteiger partial charge on any atom is -0.377 e. The van der Waals surface area contributed by atoms with Gasteiger partial charge in [-0.2, -0.15) is 0 Å². The van der Waals surface area contributed by atoms with Crippen molar-refractivity contribution in [3.8, 4) is 11.1 Å². The van der Waals surface area contributed by atoms with Crippen molar-refractivity contribution >= 4 is 11.6 Å². The van der Waals surface area contributed by atoms with Crippen LogP contribution in [0.3, 0.4) is 0 Å². The molecule has 4 rings (SSSR count). The van der Waals surface area contributed by atoms with Gasteiger partial charge in [-0.1, -0.05) is 6.58 Å². The highest BCUT2D eigenvalue weighted by Crippen LogP contribution is 2.40. The van der Waals surface area contributed by atoms with Gasteiger partial charge in [-0.05, 0) is 67.4 Å². The van der Waals surface area contributed by atoms with E-state index in [1.807, 2.05) is 23.1 Å². The van der Waals surface area contributed by atoms with Crippen molar-refractivity contribution in [1.82, 2.24) is 14.9 Å². The second-order valence-corrected chi connectivity index (χ2v) is 7.77. The minimum absolute atomic E-state index is 0.00298. The number of hydrogen-bond donors (Lipinski definition) is 2. The summed E-state index contributed by atoms with van der Waals surface area (Å²) in [5.41, 5.74) is 2.44. The van der Waals surface area contributed by atoms with Crippen LogP contribution in [0.4, 0.5) is 5.69 Å². The van der Waals surface area contributed by atoms with E-state index in [2.05, 4.69) is 21.9 Å². The molecule has 28 heavy (non-hydrogen) atoms. The lowest BCUT2D eigenvalue weighted by Gasteiger charge is -2.37. The number of carbonyl (C=O) groups excluding carboxylic acids is 1. The number of pyridine rings is 2. The Morgan fingerprint density at radius 1 is 1.25 bits per heavy atom. The summed E-state index contributed by atoms with van der Waals surface area (Å²) >= 11 is 0. The molecule has 2 aliphatic rings. The highest BCUT2D eigenvalue weighted by Gasteiger charge is 2.39. The first-order valence-corrected chi connectivity index (χ1v) is 9.96. The van der Waals surface area contributed by atoms with Crippen molar-refractivity contribution in [3.63, 3.8) is 0 Å². The van der Waals surface area contributed by atoms with E-state index in [1.165, 1.54) is 18.9 Å². The van der Waals surface area contributed by atoms with E-state index in [1.54, 1.807) is 18.6 Å². The fourth-order valence-electron chi connectivity index (χ4n) is 4.19. The van der Waals surface area contributed by atoms with Gasteiger partial charge in [0.2, 0.25) is 5.91 Å². The number of piperidine rings is 1. The molecule has 2 fully saturated rings. The maximum absolute atomic E-state index is 12.5. The van der Waals surface area contributed by atoms with Crippen molar-refractivity contribution in [2.45, 2.75) is 31.7 Å². The van der Waals surface area contributed by atoms with E-state index in [9.17, 15) is 9.59 Å². The van der Waals surface area contributed by atoms with E-state index in [4.69, 9.17) is 0 Å². The Labute approximate surface area is 164 Å². The molecule has 1 saturated heterocycles. The zero-order valence-corrected chi connectivity index (χ0v) is 15.9. The van der Waals surface area contributed by atoms with Crippen molar-refractivity contribution in [3.05, 3.63) is 59.8 Å². The van der Waals surface area contributed by atoms with Crippen LogP contribution >= 0.6 is 0 Å². The largest absolute Gasteiger partial charge is 0.377 e. The Bertz CT molecular complexity index is 904. The van der Waals surface area contributed by atoms with Gasteiger partial charge in [0.15, 0.2) is 0 Å². The Balaban J connectivity index is 1.56. The lowest BCUT2D eigenvalue weighted by Crippen LogP contribution is -2.46. The number of H-pyrrole nitrogens is 1. The predicted octanol–water partition coefficient (Wildman–Crippen LogP) is 3.05. The Kier molecular flexibility index (Phi) is 5.28. The number of anilines is 1. The summed E-state index contributed by atoms with van der Waals surface area (Å²) in [6.45, 7) is 5.13. The lowest BCUT2D eigenvalue weighted by atomic mass is 9.87. The first-order chi connectivity index (χ1) is 13.7. The number of aromatic amines is 1. The Morgan fingerprint density at radius 2 is 2.04 bits per heavy atom. The molecular formula is C22H26N4O2.